The molecule has 88 valence electrons. The first-order valence-electron chi connectivity index (χ1n) is 5.39. The van der Waals surface area contributed by atoms with Gasteiger partial charge in [-0.1, -0.05) is 0 Å². The number of allylic oxidation sites excluding steroid dienone is 1. The number of halogens is 1. The third-order valence-corrected chi connectivity index (χ3v) is 4.58. The van der Waals surface area contributed by atoms with E-state index in [9.17, 15) is 5.26 Å². The van der Waals surface area contributed by atoms with Crippen LogP contribution in [0.4, 0.5) is 0 Å². The average Bonchev–Trinajstić information content (AvgIpc) is 2.41. The Morgan fingerprint density at radius 3 is 2.39 bits per heavy atom. The molecule has 0 saturated carbocycles. The summed E-state index contributed by atoms with van der Waals surface area (Å²) in [5, 5.41) is 9.87. The Morgan fingerprint density at radius 1 is 1.06 bits per heavy atom. The van der Waals surface area contributed by atoms with Gasteiger partial charge >= 0.3 is 118 Å². The van der Waals surface area contributed by atoms with E-state index in [-0.39, 0.29) is 15.0 Å². The summed E-state index contributed by atoms with van der Waals surface area (Å²) in [4.78, 5) is 0. The number of nitrogens with zero attached hydrogens (tertiary/aromatic N) is 1. The first kappa shape index (κ1) is 12.9. The standard InChI is InChI=1S/C15H10ClNSe/c16-15-9-5-4-6-12(15)10-14(11-17)18-13-7-2-1-3-8-13/h1-10H/b14-10-. The van der Waals surface area contributed by atoms with Crippen molar-refractivity contribution in [3.05, 3.63) is 69.7 Å². The Labute approximate surface area is 118 Å². The van der Waals surface area contributed by atoms with Crippen LogP contribution in [-0.2, 0) is 0 Å². The molecule has 2 rings (SSSR count). The SMILES string of the molecule is N#C/C(=C/c1ccccc1Cl)[Se]c1ccccc1. The van der Waals surface area contributed by atoms with Crippen LogP contribution in [0.5, 0.6) is 0 Å². The minimum absolute atomic E-state index is 0.0230. The summed E-state index contributed by atoms with van der Waals surface area (Å²) in [5.41, 5.74) is 0.897. The molecule has 3 heteroatoms. The van der Waals surface area contributed by atoms with Gasteiger partial charge in [-0.2, -0.15) is 0 Å². The molecule has 0 unspecified atom stereocenters. The van der Waals surface area contributed by atoms with Crippen LogP contribution in [0.2, 0.25) is 5.02 Å². The molecule has 1 nitrogen and oxygen atoms in total. The molecule has 18 heavy (non-hydrogen) atoms. The van der Waals surface area contributed by atoms with Gasteiger partial charge in [-0.25, -0.2) is 0 Å². The van der Waals surface area contributed by atoms with Crippen LogP contribution in [0.1, 0.15) is 5.56 Å². The molecule has 0 aliphatic heterocycles. The Morgan fingerprint density at radius 2 is 1.72 bits per heavy atom. The molecule has 2 aromatic carbocycles. The van der Waals surface area contributed by atoms with Crippen LogP contribution in [0, 0.1) is 11.3 Å². The number of nitriles is 1. The van der Waals surface area contributed by atoms with Gasteiger partial charge in [0.1, 0.15) is 0 Å². The van der Waals surface area contributed by atoms with E-state index in [0.29, 0.717) is 5.02 Å². The van der Waals surface area contributed by atoms with Gasteiger partial charge in [0.05, 0.1) is 0 Å². The molecule has 0 saturated heterocycles. The van der Waals surface area contributed by atoms with Gasteiger partial charge in [0.15, 0.2) is 0 Å². The van der Waals surface area contributed by atoms with E-state index in [4.69, 9.17) is 11.6 Å². The fraction of sp³-hybridized carbons (Fsp3) is 0. The Kier molecular flexibility index (Phi) is 4.61. The van der Waals surface area contributed by atoms with Gasteiger partial charge in [-0.15, -0.1) is 0 Å². The van der Waals surface area contributed by atoms with Crippen molar-refractivity contribution in [1.82, 2.24) is 0 Å². The second kappa shape index (κ2) is 6.42. The van der Waals surface area contributed by atoms with Gasteiger partial charge in [-0.05, 0) is 0 Å². The van der Waals surface area contributed by atoms with Crippen molar-refractivity contribution < 1.29 is 0 Å². The zero-order valence-corrected chi connectivity index (χ0v) is 12.0. The molecule has 0 heterocycles. The number of rotatable bonds is 3. The summed E-state index contributed by atoms with van der Waals surface area (Å²) >= 11 is 6.10. The second-order valence-corrected chi connectivity index (χ2v) is 6.30. The van der Waals surface area contributed by atoms with Crippen molar-refractivity contribution in [1.29, 1.82) is 5.26 Å². The van der Waals surface area contributed by atoms with E-state index < -0.39 is 0 Å². The van der Waals surface area contributed by atoms with E-state index in [2.05, 4.69) is 6.07 Å². The van der Waals surface area contributed by atoms with Crippen LogP contribution in [0.25, 0.3) is 6.08 Å². The quantitative estimate of drug-likeness (QED) is 0.629. The van der Waals surface area contributed by atoms with E-state index in [1.165, 1.54) is 4.46 Å². The van der Waals surface area contributed by atoms with E-state index in [1.807, 2.05) is 60.7 Å². The summed E-state index contributed by atoms with van der Waals surface area (Å²) in [6.45, 7) is 0. The van der Waals surface area contributed by atoms with Gasteiger partial charge in [0, 0.05) is 0 Å². The first-order valence-corrected chi connectivity index (χ1v) is 7.48. The van der Waals surface area contributed by atoms with E-state index in [1.54, 1.807) is 0 Å². The van der Waals surface area contributed by atoms with Crippen LogP contribution in [-0.4, -0.2) is 15.0 Å². The molecule has 0 spiro atoms. The van der Waals surface area contributed by atoms with Crippen molar-refractivity contribution >= 4 is 37.1 Å². The van der Waals surface area contributed by atoms with Crippen LogP contribution in [0.3, 0.4) is 0 Å². The molecule has 0 fully saturated rings. The molecule has 0 aliphatic rings. The number of hydrogen-bond acceptors (Lipinski definition) is 1. The Bertz CT molecular complexity index is 599. The van der Waals surface area contributed by atoms with E-state index in [0.717, 1.165) is 10.0 Å². The molecule has 0 amide bonds. The van der Waals surface area contributed by atoms with Crippen LogP contribution in [0.15, 0.2) is 59.1 Å². The monoisotopic (exact) mass is 319 g/mol. The van der Waals surface area contributed by atoms with Crippen molar-refractivity contribution in [2.45, 2.75) is 0 Å². The van der Waals surface area contributed by atoms with Gasteiger partial charge in [-0.3, -0.25) is 0 Å². The average molecular weight is 319 g/mol. The maximum atomic E-state index is 9.19. The molecular formula is C15H10ClNSe. The van der Waals surface area contributed by atoms with Gasteiger partial charge in [0.25, 0.3) is 0 Å². The Balaban J connectivity index is 2.25. The molecule has 0 aliphatic carbocycles. The van der Waals surface area contributed by atoms with Crippen molar-refractivity contribution in [3.63, 3.8) is 0 Å². The molecule has 0 atom stereocenters. The molecule has 0 bridgehead atoms. The fourth-order valence-electron chi connectivity index (χ4n) is 1.43. The zero-order chi connectivity index (χ0) is 12.8. The third kappa shape index (κ3) is 3.48. The summed E-state index contributed by atoms with van der Waals surface area (Å²) in [7, 11) is 0. The molecule has 0 aromatic heterocycles. The van der Waals surface area contributed by atoms with Gasteiger partial charge < -0.3 is 0 Å². The third-order valence-electron chi connectivity index (χ3n) is 2.27. The summed E-state index contributed by atoms with van der Waals surface area (Å²) in [6, 6.07) is 19.8. The minimum atomic E-state index is 0.0230. The first-order chi connectivity index (χ1) is 8.79. The summed E-state index contributed by atoms with van der Waals surface area (Å²) in [6.07, 6.45) is 1.87. The normalized spacial score (nSPS) is 11.0. The van der Waals surface area contributed by atoms with E-state index >= 15 is 0 Å². The predicted octanol–water partition coefficient (Wildman–Crippen LogP) is 3.23. The van der Waals surface area contributed by atoms with Crippen LogP contribution >= 0.6 is 11.6 Å². The van der Waals surface area contributed by atoms with Crippen molar-refractivity contribution in [2.75, 3.05) is 0 Å². The predicted molar refractivity (Wildman–Crippen MR) is 76.9 cm³/mol. The zero-order valence-electron chi connectivity index (χ0n) is 9.51. The molecular weight excluding hydrogens is 309 g/mol. The Hall–Kier alpha value is -1.52. The summed E-state index contributed by atoms with van der Waals surface area (Å²) in [5.74, 6) is 0. The summed E-state index contributed by atoms with van der Waals surface area (Å²) < 4.78 is 1.95. The fourth-order valence-corrected chi connectivity index (χ4v) is 3.26. The topological polar surface area (TPSA) is 23.8 Å². The van der Waals surface area contributed by atoms with Crippen molar-refractivity contribution in [3.8, 4) is 6.07 Å². The maximum absolute atomic E-state index is 9.19. The molecule has 0 radical (unpaired) electrons. The number of hydrogen-bond donors (Lipinski definition) is 0. The van der Waals surface area contributed by atoms with Crippen LogP contribution < -0.4 is 4.46 Å². The van der Waals surface area contributed by atoms with Crippen molar-refractivity contribution in [2.24, 2.45) is 0 Å². The van der Waals surface area contributed by atoms with Gasteiger partial charge in [0.2, 0.25) is 0 Å². The number of benzene rings is 2. The molecule has 2 aromatic rings. The second-order valence-electron chi connectivity index (χ2n) is 3.56. The molecule has 0 N–H and O–H groups in total.